The van der Waals surface area contributed by atoms with Crippen LogP contribution in [0.15, 0.2) is 36.5 Å². The average Bonchev–Trinajstić information content (AvgIpc) is 2.44. The lowest BCUT2D eigenvalue weighted by atomic mass is 10.1. The first kappa shape index (κ1) is 14.8. The maximum atomic E-state index is 11.7. The molecule has 0 aliphatic heterocycles. The number of amides is 1. The predicted molar refractivity (Wildman–Crippen MR) is 76.3 cm³/mol. The van der Waals surface area contributed by atoms with Gasteiger partial charge in [-0.15, -0.1) is 0 Å². The summed E-state index contributed by atoms with van der Waals surface area (Å²) in [7, 11) is 0. The van der Waals surface area contributed by atoms with Gasteiger partial charge < -0.3 is 15.5 Å². The molecule has 7 heteroatoms. The highest BCUT2D eigenvalue weighted by atomic mass is 35.5. The van der Waals surface area contributed by atoms with Crippen molar-refractivity contribution >= 4 is 23.5 Å². The fourth-order valence-electron chi connectivity index (χ4n) is 1.69. The summed E-state index contributed by atoms with van der Waals surface area (Å²) in [4.78, 5) is 25.9. The summed E-state index contributed by atoms with van der Waals surface area (Å²) in [5, 5.41) is 21.0. The molecule has 3 N–H and O–H groups in total. The molecule has 0 aliphatic rings. The summed E-state index contributed by atoms with van der Waals surface area (Å²) in [6, 6.07) is 8.32. The van der Waals surface area contributed by atoms with Gasteiger partial charge in [0.05, 0.1) is 0 Å². The molecule has 1 heterocycles. The van der Waals surface area contributed by atoms with Gasteiger partial charge in [0.25, 0.3) is 5.91 Å². The number of carboxylic acids is 1. The Balaban J connectivity index is 2.25. The molecule has 0 saturated carbocycles. The topological polar surface area (TPSA) is 99.5 Å². The SMILES string of the molecule is O=C([15NH][13CH2][13C](=O)O)c1ncc(-c2cccc(Cl)c2)cc1O. The Morgan fingerprint density at radius 2 is 2.00 bits per heavy atom. The van der Waals surface area contributed by atoms with E-state index in [4.69, 9.17) is 16.7 Å². The van der Waals surface area contributed by atoms with Crippen molar-refractivity contribution in [3.05, 3.63) is 47.2 Å². The molecule has 1 aromatic heterocycles. The van der Waals surface area contributed by atoms with E-state index >= 15 is 0 Å². The van der Waals surface area contributed by atoms with Crippen LogP contribution in [-0.4, -0.2) is 33.6 Å². The van der Waals surface area contributed by atoms with Gasteiger partial charge in [-0.1, -0.05) is 23.7 Å². The highest BCUT2D eigenvalue weighted by Crippen LogP contribution is 2.26. The lowest BCUT2D eigenvalue weighted by Gasteiger charge is -2.07. The van der Waals surface area contributed by atoms with E-state index in [0.29, 0.717) is 10.6 Å². The van der Waals surface area contributed by atoms with Crippen molar-refractivity contribution in [2.75, 3.05) is 6.54 Å². The number of carbonyl (C=O) groups is 2. The quantitative estimate of drug-likeness (QED) is 0.592. The Kier molecular flexibility index (Phi) is 4.39. The minimum Gasteiger partial charge on any atom is -0.505 e. The van der Waals surface area contributed by atoms with Crippen LogP contribution in [0.4, 0.5) is 0 Å². The average molecular weight is 310 g/mol. The summed E-state index contributed by atoms with van der Waals surface area (Å²) in [6.07, 6.45) is 1.40. The van der Waals surface area contributed by atoms with E-state index in [1.807, 2.05) is 0 Å². The highest BCUT2D eigenvalue weighted by molar-refractivity contribution is 6.30. The number of carboxylic acid groups (broad SMARTS) is 1. The number of nitrogens with one attached hydrogen (secondary N) is 1. The zero-order valence-corrected chi connectivity index (χ0v) is 11.5. The maximum absolute atomic E-state index is 11.7. The third-order valence-corrected chi connectivity index (χ3v) is 2.88. The second-order valence-corrected chi connectivity index (χ2v) is 4.61. The number of pyridine rings is 1. The molecule has 0 atom stereocenters. The number of halogens is 1. The number of aliphatic carboxylic acids is 1. The highest BCUT2D eigenvalue weighted by Gasteiger charge is 2.14. The van der Waals surface area contributed by atoms with E-state index in [2.05, 4.69) is 10.3 Å². The Morgan fingerprint density at radius 3 is 2.62 bits per heavy atom. The first-order valence-electron chi connectivity index (χ1n) is 5.92. The molecule has 1 aromatic carbocycles. The van der Waals surface area contributed by atoms with Crippen LogP contribution >= 0.6 is 11.6 Å². The molecule has 6 nitrogen and oxygen atoms in total. The molecule has 0 fully saturated rings. The molecule has 0 saturated heterocycles. The number of rotatable bonds is 4. The van der Waals surface area contributed by atoms with Crippen molar-refractivity contribution in [1.29, 1.82) is 0 Å². The fraction of sp³-hybridized carbons (Fsp3) is 0.0714. The van der Waals surface area contributed by atoms with E-state index in [-0.39, 0.29) is 11.4 Å². The molecule has 0 aliphatic carbocycles. The zero-order valence-electron chi connectivity index (χ0n) is 10.7. The molecule has 0 unspecified atom stereocenters. The van der Waals surface area contributed by atoms with Gasteiger partial charge in [-0.2, -0.15) is 0 Å². The molecule has 0 radical (unpaired) electrons. The maximum Gasteiger partial charge on any atom is 0.322 e. The first-order valence-corrected chi connectivity index (χ1v) is 6.30. The number of benzene rings is 1. The van der Waals surface area contributed by atoms with E-state index in [0.717, 1.165) is 5.56 Å². The lowest BCUT2D eigenvalue weighted by molar-refractivity contribution is -0.135. The third-order valence-electron chi connectivity index (χ3n) is 2.64. The number of aromatic nitrogens is 1. The fourth-order valence-corrected chi connectivity index (χ4v) is 1.88. The summed E-state index contributed by atoms with van der Waals surface area (Å²) < 4.78 is 0. The van der Waals surface area contributed by atoms with Crippen molar-refractivity contribution in [2.45, 2.75) is 0 Å². The van der Waals surface area contributed by atoms with E-state index in [1.165, 1.54) is 12.3 Å². The van der Waals surface area contributed by atoms with Crippen molar-refractivity contribution in [3.8, 4) is 16.9 Å². The number of aromatic hydroxyl groups is 1. The summed E-state index contributed by atoms with van der Waals surface area (Å²) in [6.45, 7) is -0.546. The molecule has 21 heavy (non-hydrogen) atoms. The largest absolute Gasteiger partial charge is 0.505 e. The van der Waals surface area contributed by atoms with Crippen LogP contribution in [-0.2, 0) is 4.79 Å². The second kappa shape index (κ2) is 6.23. The number of carbonyl (C=O) groups excluding carboxylic acids is 1. The Hall–Kier alpha value is -2.60. The van der Waals surface area contributed by atoms with Crippen molar-refractivity contribution in [2.24, 2.45) is 0 Å². The van der Waals surface area contributed by atoms with E-state index in [9.17, 15) is 14.7 Å². The van der Waals surface area contributed by atoms with Gasteiger partial charge in [0.1, 0.15) is 12.3 Å². The monoisotopic (exact) mass is 309 g/mol. The Bertz CT molecular complexity index is 703. The van der Waals surface area contributed by atoms with Gasteiger partial charge in [-0.3, -0.25) is 9.59 Å². The second-order valence-electron chi connectivity index (χ2n) is 4.18. The van der Waals surface area contributed by atoms with Crippen LogP contribution in [0.25, 0.3) is 11.1 Å². The molecule has 1 amide bonds. The predicted octanol–water partition coefficient (Wildman–Crippen LogP) is 1.92. The molecule has 2 rings (SSSR count). The number of hydrogen-bond acceptors (Lipinski definition) is 4. The Morgan fingerprint density at radius 1 is 1.24 bits per heavy atom. The van der Waals surface area contributed by atoms with Gasteiger partial charge in [-0.05, 0) is 23.8 Å². The summed E-state index contributed by atoms with van der Waals surface area (Å²) >= 11 is 5.88. The van der Waals surface area contributed by atoms with E-state index < -0.39 is 18.4 Å². The minimum atomic E-state index is -1.18. The van der Waals surface area contributed by atoms with E-state index in [1.54, 1.807) is 24.3 Å². The van der Waals surface area contributed by atoms with Crippen LogP contribution in [0.1, 0.15) is 10.5 Å². The van der Waals surface area contributed by atoms with Gasteiger partial charge in [0.2, 0.25) is 0 Å². The summed E-state index contributed by atoms with van der Waals surface area (Å²) in [5.74, 6) is -2.28. The van der Waals surface area contributed by atoms with Crippen molar-refractivity contribution in [3.63, 3.8) is 0 Å². The molecule has 0 spiro atoms. The van der Waals surface area contributed by atoms with Gasteiger partial charge in [0, 0.05) is 16.8 Å². The van der Waals surface area contributed by atoms with Crippen LogP contribution in [0, 0.1) is 0 Å². The standard InChI is InChI=1S/C14H11ClN2O4/c15-10-3-1-2-8(4-10)9-5-11(18)13(16-6-9)14(21)17-7-12(19)20/h1-6,18H,7H2,(H,17,21)(H,19,20)/i7+1,12+1,17+1. The number of nitrogens with zero attached hydrogens (tertiary/aromatic N) is 1. The van der Waals surface area contributed by atoms with Crippen molar-refractivity contribution in [1.82, 2.24) is 10.3 Å². The van der Waals surface area contributed by atoms with Crippen LogP contribution in [0.3, 0.4) is 0 Å². The third kappa shape index (κ3) is 3.70. The van der Waals surface area contributed by atoms with Crippen molar-refractivity contribution < 1.29 is 19.8 Å². The van der Waals surface area contributed by atoms with Crippen LogP contribution < -0.4 is 5.32 Å². The molecule has 2 aromatic rings. The molecular weight excluding hydrogens is 299 g/mol. The molecular formula is C14H11ClN2O4. The smallest absolute Gasteiger partial charge is 0.322 e. The van der Waals surface area contributed by atoms with Crippen LogP contribution in [0.5, 0.6) is 5.75 Å². The first-order chi connectivity index (χ1) is 9.97. The molecule has 108 valence electrons. The summed E-state index contributed by atoms with van der Waals surface area (Å²) in [5.41, 5.74) is 1.09. The lowest BCUT2D eigenvalue weighted by Crippen LogP contribution is -2.29. The number of hydrogen-bond donors (Lipinski definition) is 3. The molecule has 0 bridgehead atoms. The van der Waals surface area contributed by atoms with Gasteiger partial charge >= 0.3 is 5.97 Å². The zero-order chi connectivity index (χ0) is 15.4. The minimum absolute atomic E-state index is 0.234. The van der Waals surface area contributed by atoms with Crippen LogP contribution in [0.2, 0.25) is 5.02 Å². The van der Waals surface area contributed by atoms with Gasteiger partial charge in [-0.25, -0.2) is 4.98 Å². The van der Waals surface area contributed by atoms with Gasteiger partial charge in [0.15, 0.2) is 5.69 Å². The Labute approximate surface area is 125 Å². The normalized spacial score (nSPS) is 10.1.